The van der Waals surface area contributed by atoms with E-state index in [1.807, 2.05) is 25.1 Å². The SMILES string of the molecule is CCCn1c(C(O)CC)nc2ccccc21. The monoisotopic (exact) mass is 218 g/mol. The standard InChI is InChI=1S/C13H18N2O/c1-3-9-15-11-8-6-5-7-10(11)14-13(15)12(16)4-2/h5-8,12,16H,3-4,9H2,1-2H3. The first-order chi connectivity index (χ1) is 7.77. The third-order valence-electron chi connectivity index (χ3n) is 2.82. The maximum atomic E-state index is 9.95. The van der Waals surface area contributed by atoms with Gasteiger partial charge in [-0.2, -0.15) is 0 Å². The fourth-order valence-corrected chi connectivity index (χ4v) is 1.99. The second kappa shape index (κ2) is 4.66. The van der Waals surface area contributed by atoms with Crippen LogP contribution >= 0.6 is 0 Å². The second-order valence-corrected chi connectivity index (χ2v) is 4.03. The Hall–Kier alpha value is -1.35. The normalized spacial score (nSPS) is 13.2. The van der Waals surface area contributed by atoms with Gasteiger partial charge in [-0.1, -0.05) is 26.0 Å². The highest BCUT2D eigenvalue weighted by molar-refractivity contribution is 5.75. The maximum absolute atomic E-state index is 9.95. The van der Waals surface area contributed by atoms with Gasteiger partial charge < -0.3 is 9.67 Å². The van der Waals surface area contributed by atoms with Crippen LogP contribution in [0.25, 0.3) is 11.0 Å². The van der Waals surface area contributed by atoms with Gasteiger partial charge in [-0.3, -0.25) is 0 Å². The summed E-state index contributed by atoms with van der Waals surface area (Å²) in [7, 11) is 0. The zero-order valence-corrected chi connectivity index (χ0v) is 9.85. The minimum Gasteiger partial charge on any atom is -0.385 e. The van der Waals surface area contributed by atoms with Crippen LogP contribution in [0, 0.1) is 0 Å². The number of rotatable bonds is 4. The number of hydrogen-bond acceptors (Lipinski definition) is 2. The van der Waals surface area contributed by atoms with E-state index in [1.54, 1.807) is 0 Å². The molecule has 0 bridgehead atoms. The van der Waals surface area contributed by atoms with Gasteiger partial charge in [-0.05, 0) is 25.0 Å². The van der Waals surface area contributed by atoms with E-state index in [-0.39, 0.29) is 0 Å². The van der Waals surface area contributed by atoms with E-state index in [1.165, 1.54) is 0 Å². The molecule has 0 saturated heterocycles. The van der Waals surface area contributed by atoms with E-state index in [0.29, 0.717) is 6.42 Å². The van der Waals surface area contributed by atoms with Crippen molar-refractivity contribution in [3.8, 4) is 0 Å². The molecule has 1 heterocycles. The number of aryl methyl sites for hydroxylation is 1. The Balaban J connectivity index is 2.58. The molecule has 3 heteroatoms. The molecule has 2 aromatic rings. The summed E-state index contributed by atoms with van der Waals surface area (Å²) in [4.78, 5) is 4.52. The predicted molar refractivity (Wildman–Crippen MR) is 65.3 cm³/mol. The number of aliphatic hydroxyl groups is 1. The number of para-hydroxylation sites is 2. The van der Waals surface area contributed by atoms with Crippen LogP contribution in [0.3, 0.4) is 0 Å². The molecular weight excluding hydrogens is 200 g/mol. The molecule has 16 heavy (non-hydrogen) atoms. The van der Waals surface area contributed by atoms with Crippen LogP contribution in [0.5, 0.6) is 0 Å². The molecule has 1 atom stereocenters. The summed E-state index contributed by atoms with van der Waals surface area (Å²) in [6.45, 7) is 5.02. The lowest BCUT2D eigenvalue weighted by Gasteiger charge is -2.11. The summed E-state index contributed by atoms with van der Waals surface area (Å²) in [6.07, 6.45) is 1.29. The van der Waals surface area contributed by atoms with Gasteiger partial charge in [0.05, 0.1) is 11.0 Å². The van der Waals surface area contributed by atoms with E-state index >= 15 is 0 Å². The average Bonchev–Trinajstić information content (AvgIpc) is 2.68. The Labute approximate surface area is 95.7 Å². The molecule has 0 amide bonds. The van der Waals surface area contributed by atoms with Crippen molar-refractivity contribution in [3.05, 3.63) is 30.1 Å². The molecule has 3 nitrogen and oxygen atoms in total. The molecule has 1 unspecified atom stereocenters. The zero-order valence-electron chi connectivity index (χ0n) is 9.85. The number of benzene rings is 1. The Morgan fingerprint density at radius 1 is 1.31 bits per heavy atom. The zero-order chi connectivity index (χ0) is 11.5. The van der Waals surface area contributed by atoms with Crippen molar-refractivity contribution in [3.63, 3.8) is 0 Å². The van der Waals surface area contributed by atoms with Gasteiger partial charge in [0.1, 0.15) is 11.9 Å². The summed E-state index contributed by atoms with van der Waals surface area (Å²) in [5.74, 6) is 0.797. The highest BCUT2D eigenvalue weighted by atomic mass is 16.3. The summed E-state index contributed by atoms with van der Waals surface area (Å²) >= 11 is 0. The molecule has 0 saturated carbocycles. The molecule has 0 aliphatic heterocycles. The molecule has 1 N–H and O–H groups in total. The highest BCUT2D eigenvalue weighted by Crippen LogP contribution is 2.22. The minimum atomic E-state index is -0.459. The van der Waals surface area contributed by atoms with Crippen LogP contribution in [0.2, 0.25) is 0 Å². The van der Waals surface area contributed by atoms with Crippen LogP contribution in [0.15, 0.2) is 24.3 Å². The third kappa shape index (κ3) is 1.83. The Kier molecular flexibility index (Phi) is 3.25. The number of fused-ring (bicyclic) bond motifs is 1. The number of imidazole rings is 1. The molecule has 0 aliphatic rings. The minimum absolute atomic E-state index is 0.459. The molecule has 0 fully saturated rings. The van der Waals surface area contributed by atoms with Gasteiger partial charge in [0.25, 0.3) is 0 Å². The van der Waals surface area contributed by atoms with Crippen LogP contribution in [-0.2, 0) is 6.54 Å². The Morgan fingerprint density at radius 3 is 2.75 bits per heavy atom. The van der Waals surface area contributed by atoms with Crippen molar-refractivity contribution in [1.82, 2.24) is 9.55 Å². The van der Waals surface area contributed by atoms with Crippen molar-refractivity contribution < 1.29 is 5.11 Å². The van der Waals surface area contributed by atoms with E-state index in [0.717, 1.165) is 29.8 Å². The molecule has 2 rings (SSSR count). The lowest BCUT2D eigenvalue weighted by molar-refractivity contribution is 0.159. The molecule has 86 valence electrons. The Morgan fingerprint density at radius 2 is 2.06 bits per heavy atom. The average molecular weight is 218 g/mol. The topological polar surface area (TPSA) is 38.0 Å². The summed E-state index contributed by atoms with van der Waals surface area (Å²) in [5.41, 5.74) is 2.09. The smallest absolute Gasteiger partial charge is 0.138 e. The lowest BCUT2D eigenvalue weighted by Crippen LogP contribution is -2.08. The van der Waals surface area contributed by atoms with Gasteiger partial charge >= 0.3 is 0 Å². The van der Waals surface area contributed by atoms with Gasteiger partial charge in [-0.15, -0.1) is 0 Å². The third-order valence-corrected chi connectivity index (χ3v) is 2.82. The maximum Gasteiger partial charge on any atom is 0.138 e. The highest BCUT2D eigenvalue weighted by Gasteiger charge is 2.15. The molecular formula is C13H18N2O. The van der Waals surface area contributed by atoms with Gasteiger partial charge in [0.15, 0.2) is 0 Å². The fraction of sp³-hybridized carbons (Fsp3) is 0.462. The second-order valence-electron chi connectivity index (χ2n) is 4.03. The molecule has 1 aromatic heterocycles. The summed E-state index contributed by atoms with van der Waals surface area (Å²) < 4.78 is 2.13. The largest absolute Gasteiger partial charge is 0.385 e. The predicted octanol–water partition coefficient (Wildman–Crippen LogP) is 2.89. The van der Waals surface area contributed by atoms with Gasteiger partial charge in [-0.25, -0.2) is 4.98 Å². The van der Waals surface area contributed by atoms with Crippen molar-refractivity contribution in [2.45, 2.75) is 39.3 Å². The summed E-state index contributed by atoms with van der Waals surface area (Å²) in [5, 5.41) is 9.95. The first kappa shape index (κ1) is 11.1. The lowest BCUT2D eigenvalue weighted by atomic mass is 10.2. The first-order valence-corrected chi connectivity index (χ1v) is 5.91. The van der Waals surface area contributed by atoms with E-state index in [4.69, 9.17) is 0 Å². The van der Waals surface area contributed by atoms with E-state index in [9.17, 15) is 5.11 Å². The molecule has 1 aromatic carbocycles. The van der Waals surface area contributed by atoms with Gasteiger partial charge in [0.2, 0.25) is 0 Å². The summed E-state index contributed by atoms with van der Waals surface area (Å²) in [6, 6.07) is 8.04. The van der Waals surface area contributed by atoms with Crippen molar-refractivity contribution in [2.75, 3.05) is 0 Å². The van der Waals surface area contributed by atoms with Crippen LogP contribution < -0.4 is 0 Å². The fourth-order valence-electron chi connectivity index (χ4n) is 1.99. The number of hydrogen-bond donors (Lipinski definition) is 1. The van der Waals surface area contributed by atoms with Gasteiger partial charge in [0, 0.05) is 6.54 Å². The van der Waals surface area contributed by atoms with Crippen molar-refractivity contribution in [2.24, 2.45) is 0 Å². The van der Waals surface area contributed by atoms with Crippen LogP contribution in [-0.4, -0.2) is 14.7 Å². The van der Waals surface area contributed by atoms with Crippen molar-refractivity contribution >= 4 is 11.0 Å². The molecule has 0 spiro atoms. The first-order valence-electron chi connectivity index (χ1n) is 5.91. The molecule has 0 aliphatic carbocycles. The number of nitrogens with zero attached hydrogens (tertiary/aromatic N) is 2. The van der Waals surface area contributed by atoms with Crippen LogP contribution in [0.4, 0.5) is 0 Å². The molecule has 0 radical (unpaired) electrons. The quantitative estimate of drug-likeness (QED) is 0.856. The van der Waals surface area contributed by atoms with Crippen molar-refractivity contribution in [1.29, 1.82) is 0 Å². The van der Waals surface area contributed by atoms with E-state index in [2.05, 4.69) is 22.5 Å². The number of aliphatic hydroxyl groups excluding tert-OH is 1. The van der Waals surface area contributed by atoms with Crippen LogP contribution in [0.1, 0.15) is 38.6 Å². The Bertz CT molecular complexity index is 476. The number of aromatic nitrogens is 2. The van der Waals surface area contributed by atoms with E-state index < -0.39 is 6.10 Å².